The van der Waals surface area contributed by atoms with Crippen molar-refractivity contribution in [3.05, 3.63) is 89.7 Å². The highest BCUT2D eigenvalue weighted by atomic mass is 32.2. The van der Waals surface area contributed by atoms with Gasteiger partial charge in [0.2, 0.25) is 5.75 Å². The first-order valence-corrected chi connectivity index (χ1v) is 13.1. The van der Waals surface area contributed by atoms with E-state index in [1.165, 1.54) is 31.9 Å². The number of methoxy groups -OCH3 is 1. The molecular weight excluding hydrogens is 504 g/mol. The summed E-state index contributed by atoms with van der Waals surface area (Å²) in [7, 11) is 1.38. The van der Waals surface area contributed by atoms with Crippen molar-refractivity contribution in [3.63, 3.8) is 0 Å². The fourth-order valence-electron chi connectivity index (χ4n) is 3.71. The summed E-state index contributed by atoms with van der Waals surface area (Å²) >= 11 is 1.74. The van der Waals surface area contributed by atoms with Crippen molar-refractivity contribution in [2.24, 2.45) is 0 Å². The van der Waals surface area contributed by atoms with Crippen molar-refractivity contribution in [1.29, 1.82) is 0 Å². The number of benzene rings is 2. The van der Waals surface area contributed by atoms with Crippen molar-refractivity contribution >= 4 is 29.9 Å². The van der Waals surface area contributed by atoms with E-state index in [-0.39, 0.29) is 35.2 Å². The van der Waals surface area contributed by atoms with E-state index in [1.807, 2.05) is 55.5 Å². The quantitative estimate of drug-likeness (QED) is 0.246. The van der Waals surface area contributed by atoms with Gasteiger partial charge in [-0.15, -0.1) is 11.8 Å². The minimum Gasteiger partial charge on any atom is -0.493 e. The van der Waals surface area contributed by atoms with Crippen molar-refractivity contribution in [2.75, 3.05) is 13.7 Å². The Morgan fingerprint density at radius 3 is 2.34 bits per heavy atom. The molecule has 0 bridgehead atoms. The highest BCUT2D eigenvalue weighted by Crippen LogP contribution is 2.36. The van der Waals surface area contributed by atoms with Crippen LogP contribution in [0.4, 0.5) is 0 Å². The third-order valence-electron chi connectivity index (χ3n) is 5.68. The summed E-state index contributed by atoms with van der Waals surface area (Å²) in [6, 6.07) is 21.7. The van der Waals surface area contributed by atoms with E-state index in [4.69, 9.17) is 14.2 Å². The Hall–Kier alpha value is -3.69. The van der Waals surface area contributed by atoms with E-state index in [2.05, 4.69) is 22.4 Å². The normalized spacial score (nSPS) is 14.0. The van der Waals surface area contributed by atoms with E-state index in [9.17, 15) is 14.4 Å². The maximum atomic E-state index is 13.1. The van der Waals surface area contributed by atoms with Gasteiger partial charge in [-0.3, -0.25) is 9.59 Å². The molecule has 0 saturated heterocycles. The summed E-state index contributed by atoms with van der Waals surface area (Å²) in [6.45, 7) is 4.64. The first-order valence-electron chi connectivity index (χ1n) is 12.1. The Balaban J connectivity index is 1.73. The molecule has 8 nitrogen and oxygen atoms in total. The maximum absolute atomic E-state index is 13.1. The monoisotopic (exact) mass is 536 g/mol. The molecular formula is C29H32N2O6S. The third-order valence-corrected chi connectivity index (χ3v) is 7.20. The average Bonchev–Trinajstić information content (AvgIpc) is 2.93. The van der Waals surface area contributed by atoms with Crippen LogP contribution < -0.4 is 14.8 Å². The van der Waals surface area contributed by atoms with Crippen LogP contribution in [0.3, 0.4) is 0 Å². The fraction of sp³-hybridized carbons (Fsp3) is 0.310. The number of aldehydes is 1. The van der Waals surface area contributed by atoms with E-state index < -0.39 is 17.4 Å². The molecule has 0 saturated carbocycles. The zero-order valence-electron chi connectivity index (χ0n) is 21.9. The van der Waals surface area contributed by atoms with Gasteiger partial charge in [0.15, 0.2) is 11.4 Å². The van der Waals surface area contributed by atoms with Gasteiger partial charge < -0.3 is 24.3 Å². The molecule has 0 radical (unpaired) electrons. The molecule has 0 aliphatic heterocycles. The van der Waals surface area contributed by atoms with Gasteiger partial charge in [-0.1, -0.05) is 60.7 Å². The maximum Gasteiger partial charge on any atom is 0.308 e. The lowest BCUT2D eigenvalue weighted by atomic mass is 10.0. The highest BCUT2D eigenvalue weighted by Gasteiger charge is 2.32. The molecule has 0 unspecified atom stereocenters. The van der Waals surface area contributed by atoms with E-state index in [0.29, 0.717) is 6.29 Å². The molecule has 200 valence electrons. The lowest BCUT2D eigenvalue weighted by Gasteiger charge is -2.30. The molecule has 0 fully saturated rings. The number of pyridine rings is 1. The lowest BCUT2D eigenvalue weighted by molar-refractivity contribution is -0.132. The molecule has 1 N–H and O–H groups in total. The fourth-order valence-corrected chi connectivity index (χ4v) is 4.97. The summed E-state index contributed by atoms with van der Waals surface area (Å²) in [5, 5.41) is 2.65. The van der Waals surface area contributed by atoms with Crippen molar-refractivity contribution in [1.82, 2.24) is 10.3 Å². The van der Waals surface area contributed by atoms with Crippen LogP contribution in [-0.2, 0) is 20.1 Å². The summed E-state index contributed by atoms with van der Waals surface area (Å²) in [5.41, 5.74) is 0.755. The van der Waals surface area contributed by atoms with Crippen LogP contribution in [0.25, 0.3) is 0 Å². The number of rotatable bonds is 13. The molecule has 1 amide bonds. The predicted molar refractivity (Wildman–Crippen MR) is 146 cm³/mol. The second-order valence-corrected chi connectivity index (χ2v) is 10.0. The SMILES string of the molecule is COc1ccnc(C(=O)N[C@](C)(C=O)CO[C@@H](C)[C@H](SCc2ccccc2)c2ccccc2)c1OC(C)=O. The molecule has 3 rings (SSSR count). The molecule has 3 atom stereocenters. The Labute approximate surface area is 227 Å². The molecule has 0 spiro atoms. The van der Waals surface area contributed by atoms with E-state index in [0.717, 1.165) is 11.3 Å². The molecule has 0 aliphatic carbocycles. The summed E-state index contributed by atoms with van der Waals surface area (Å²) in [6.07, 6.45) is 1.69. The molecule has 38 heavy (non-hydrogen) atoms. The van der Waals surface area contributed by atoms with Gasteiger partial charge >= 0.3 is 5.97 Å². The van der Waals surface area contributed by atoms with Crippen molar-refractivity contribution in [3.8, 4) is 11.5 Å². The third kappa shape index (κ3) is 7.90. The largest absolute Gasteiger partial charge is 0.493 e. The van der Waals surface area contributed by atoms with Gasteiger partial charge in [0, 0.05) is 24.9 Å². The van der Waals surface area contributed by atoms with Gasteiger partial charge in [0.05, 0.1) is 25.1 Å². The number of ether oxygens (including phenoxy) is 3. The molecule has 1 heterocycles. The van der Waals surface area contributed by atoms with Crippen molar-refractivity contribution in [2.45, 2.75) is 43.4 Å². The van der Waals surface area contributed by atoms with Crippen molar-refractivity contribution < 1.29 is 28.6 Å². The average molecular weight is 537 g/mol. The molecule has 2 aromatic carbocycles. The van der Waals surface area contributed by atoms with E-state index in [1.54, 1.807) is 18.7 Å². The Morgan fingerprint density at radius 1 is 1.08 bits per heavy atom. The van der Waals surface area contributed by atoms with E-state index >= 15 is 0 Å². The first-order chi connectivity index (χ1) is 18.3. The van der Waals surface area contributed by atoms with Gasteiger partial charge in [0.1, 0.15) is 11.8 Å². The molecule has 3 aromatic rings. The number of hydrogen-bond donors (Lipinski definition) is 1. The smallest absolute Gasteiger partial charge is 0.308 e. The summed E-state index contributed by atoms with van der Waals surface area (Å²) in [5.74, 6) is -0.510. The number of carbonyl (C=O) groups is 3. The number of nitrogens with one attached hydrogen (secondary N) is 1. The van der Waals surface area contributed by atoms with Crippen LogP contribution in [0.2, 0.25) is 0 Å². The van der Waals surface area contributed by atoms with Gasteiger partial charge in [-0.25, -0.2) is 4.98 Å². The predicted octanol–water partition coefficient (Wildman–Crippen LogP) is 4.78. The number of carbonyl (C=O) groups excluding carboxylic acids is 3. The van der Waals surface area contributed by atoms with Gasteiger partial charge in [-0.2, -0.15) is 0 Å². The van der Waals surface area contributed by atoms with Crippen LogP contribution in [0.5, 0.6) is 11.5 Å². The lowest BCUT2D eigenvalue weighted by Crippen LogP contribution is -2.51. The number of thioether (sulfide) groups is 1. The zero-order valence-corrected chi connectivity index (χ0v) is 22.7. The molecule has 1 aromatic heterocycles. The highest BCUT2D eigenvalue weighted by molar-refractivity contribution is 7.98. The van der Waals surface area contributed by atoms with Crippen LogP contribution >= 0.6 is 11.8 Å². The topological polar surface area (TPSA) is 104 Å². The van der Waals surface area contributed by atoms with Gasteiger partial charge in [0.25, 0.3) is 5.91 Å². The Kier molecular flexibility index (Phi) is 10.4. The first kappa shape index (κ1) is 28.9. The number of aromatic nitrogens is 1. The van der Waals surface area contributed by atoms with Crippen LogP contribution in [-0.4, -0.2) is 48.5 Å². The summed E-state index contributed by atoms with van der Waals surface area (Å²) in [4.78, 5) is 40.9. The standard InChI is InChI=1S/C29H32N2O6S/c1-20(27(23-13-9-6-10-14-23)38-17-22-11-7-5-8-12-22)36-19-29(3,18-32)31-28(34)25-26(37-21(2)33)24(35-4)15-16-30-25/h5-16,18,20,27H,17,19H2,1-4H3,(H,31,34)/t20-,27-,29+/m0/s1. The van der Waals surface area contributed by atoms with Crippen LogP contribution in [0.15, 0.2) is 72.9 Å². The number of hydrogen-bond acceptors (Lipinski definition) is 8. The second kappa shape index (κ2) is 13.7. The van der Waals surface area contributed by atoms with Crippen LogP contribution in [0.1, 0.15) is 47.6 Å². The number of esters is 1. The minimum atomic E-state index is -1.37. The molecule has 9 heteroatoms. The number of nitrogens with zero attached hydrogens (tertiary/aromatic N) is 1. The van der Waals surface area contributed by atoms with Gasteiger partial charge in [-0.05, 0) is 25.0 Å². The zero-order chi connectivity index (χ0) is 27.5. The summed E-state index contributed by atoms with van der Waals surface area (Å²) < 4.78 is 16.6. The second-order valence-electron chi connectivity index (χ2n) is 8.92. The Morgan fingerprint density at radius 2 is 1.74 bits per heavy atom. The minimum absolute atomic E-state index is 0.0152. The van der Waals surface area contributed by atoms with Crippen LogP contribution in [0, 0.1) is 0 Å². The Bertz CT molecular complexity index is 1220. The molecule has 0 aliphatic rings. The number of amides is 1.